The number of anilines is 2. The summed E-state index contributed by atoms with van der Waals surface area (Å²) in [7, 11) is 1.96. The van der Waals surface area contributed by atoms with Crippen molar-refractivity contribution in [3.05, 3.63) is 84.2 Å². The molecule has 26 heavy (non-hydrogen) atoms. The molecule has 132 valence electrons. The third-order valence-electron chi connectivity index (χ3n) is 3.98. The van der Waals surface area contributed by atoms with Crippen LogP contribution in [0.2, 0.25) is 0 Å². The number of carbonyl (C=O) groups excluding carboxylic acids is 1. The van der Waals surface area contributed by atoms with E-state index in [1.807, 2.05) is 25.2 Å². The van der Waals surface area contributed by atoms with Crippen LogP contribution in [0.15, 0.2) is 67.1 Å². The first-order valence-electron chi connectivity index (χ1n) is 8.25. The molecule has 0 radical (unpaired) electrons. The van der Waals surface area contributed by atoms with Gasteiger partial charge in [0.05, 0.1) is 0 Å². The zero-order valence-electron chi connectivity index (χ0n) is 14.4. The lowest BCUT2D eigenvalue weighted by atomic mass is 10.2. The van der Waals surface area contributed by atoms with Crippen molar-refractivity contribution in [2.75, 3.05) is 23.8 Å². The van der Waals surface area contributed by atoms with Crippen LogP contribution in [0.4, 0.5) is 15.8 Å². The summed E-state index contributed by atoms with van der Waals surface area (Å²) in [5.74, 6) is -0.777. The fourth-order valence-corrected chi connectivity index (χ4v) is 2.52. The number of nitrogens with one attached hydrogen (secondary N) is 1. The van der Waals surface area contributed by atoms with E-state index in [0.717, 1.165) is 18.7 Å². The van der Waals surface area contributed by atoms with Gasteiger partial charge in [-0.15, -0.1) is 0 Å². The van der Waals surface area contributed by atoms with E-state index < -0.39 is 5.82 Å². The van der Waals surface area contributed by atoms with Crippen molar-refractivity contribution in [1.29, 1.82) is 0 Å². The molecule has 0 atom stereocenters. The van der Waals surface area contributed by atoms with Gasteiger partial charge in [0.25, 0.3) is 5.91 Å². The highest BCUT2D eigenvalue weighted by Gasteiger charge is 2.11. The van der Waals surface area contributed by atoms with E-state index in [4.69, 9.17) is 0 Å². The second-order valence-electron chi connectivity index (χ2n) is 5.89. The van der Waals surface area contributed by atoms with Gasteiger partial charge in [-0.3, -0.25) is 14.8 Å². The number of rotatable bonds is 6. The van der Waals surface area contributed by atoms with Crippen LogP contribution in [0.1, 0.15) is 16.1 Å². The number of hydrogen-bond acceptors (Lipinski definition) is 4. The quantitative estimate of drug-likeness (QED) is 0.739. The van der Waals surface area contributed by atoms with Crippen molar-refractivity contribution in [3.8, 4) is 0 Å². The second-order valence-corrected chi connectivity index (χ2v) is 5.89. The number of halogens is 1. The molecule has 0 aliphatic rings. The minimum absolute atomic E-state index is 0.280. The predicted molar refractivity (Wildman–Crippen MR) is 99.8 cm³/mol. The van der Waals surface area contributed by atoms with E-state index in [9.17, 15) is 9.18 Å². The second kappa shape index (κ2) is 8.20. The smallest absolute Gasteiger partial charge is 0.274 e. The Balaban J connectivity index is 1.66. The summed E-state index contributed by atoms with van der Waals surface area (Å²) in [4.78, 5) is 22.5. The van der Waals surface area contributed by atoms with Crippen LogP contribution in [-0.4, -0.2) is 29.5 Å². The molecule has 6 heteroatoms. The summed E-state index contributed by atoms with van der Waals surface area (Å²) in [5, 5.41) is 2.66. The maximum Gasteiger partial charge on any atom is 0.274 e. The Hall–Kier alpha value is -3.28. The summed E-state index contributed by atoms with van der Waals surface area (Å²) in [6, 6.07) is 13.3. The highest BCUT2D eigenvalue weighted by atomic mass is 19.1. The van der Waals surface area contributed by atoms with Gasteiger partial charge in [-0.05, 0) is 54.4 Å². The molecule has 0 spiro atoms. The molecular weight excluding hydrogens is 331 g/mol. The molecular formula is C20H19FN4O. The van der Waals surface area contributed by atoms with E-state index in [1.54, 1.807) is 36.8 Å². The van der Waals surface area contributed by atoms with Gasteiger partial charge in [0.15, 0.2) is 0 Å². The van der Waals surface area contributed by atoms with Crippen LogP contribution in [0.25, 0.3) is 0 Å². The molecule has 0 saturated heterocycles. The minimum atomic E-state index is -0.402. The van der Waals surface area contributed by atoms with Gasteiger partial charge in [-0.2, -0.15) is 0 Å². The van der Waals surface area contributed by atoms with Crippen molar-refractivity contribution in [2.45, 2.75) is 6.42 Å². The van der Waals surface area contributed by atoms with Crippen molar-refractivity contribution >= 4 is 17.3 Å². The standard InChI is InChI=1S/C20H19FN4O/c1-25(12-8-15-5-9-22-10-6-15)18-7-11-23-19(14-18)20(26)24-17-4-2-3-16(21)13-17/h2-7,9-11,13-14H,8,12H2,1H3,(H,24,26). The lowest BCUT2D eigenvalue weighted by Gasteiger charge is -2.19. The van der Waals surface area contributed by atoms with E-state index in [-0.39, 0.29) is 11.6 Å². The summed E-state index contributed by atoms with van der Waals surface area (Å²) in [5.41, 5.74) is 2.76. The Kier molecular flexibility index (Phi) is 5.53. The van der Waals surface area contributed by atoms with E-state index in [0.29, 0.717) is 5.69 Å². The molecule has 2 aromatic heterocycles. The maximum atomic E-state index is 13.2. The zero-order chi connectivity index (χ0) is 18.4. The largest absolute Gasteiger partial charge is 0.374 e. The van der Waals surface area contributed by atoms with E-state index >= 15 is 0 Å². The van der Waals surface area contributed by atoms with Gasteiger partial charge in [-0.25, -0.2) is 4.39 Å². The first-order valence-corrected chi connectivity index (χ1v) is 8.25. The van der Waals surface area contributed by atoms with Gasteiger partial charge < -0.3 is 10.2 Å². The van der Waals surface area contributed by atoms with Crippen molar-refractivity contribution in [1.82, 2.24) is 9.97 Å². The Bertz CT molecular complexity index is 886. The Morgan fingerprint density at radius 3 is 2.69 bits per heavy atom. The third kappa shape index (κ3) is 4.63. The minimum Gasteiger partial charge on any atom is -0.374 e. The van der Waals surface area contributed by atoms with Crippen LogP contribution in [0.5, 0.6) is 0 Å². The van der Waals surface area contributed by atoms with Gasteiger partial charge >= 0.3 is 0 Å². The number of hydrogen-bond donors (Lipinski definition) is 1. The zero-order valence-corrected chi connectivity index (χ0v) is 14.4. The van der Waals surface area contributed by atoms with Crippen molar-refractivity contribution < 1.29 is 9.18 Å². The number of benzene rings is 1. The number of likely N-dealkylation sites (N-methyl/N-ethyl adjacent to an activating group) is 1. The summed E-state index contributed by atoms with van der Waals surface area (Å²) in [6.45, 7) is 0.791. The third-order valence-corrected chi connectivity index (χ3v) is 3.98. The fraction of sp³-hybridized carbons (Fsp3) is 0.150. The van der Waals surface area contributed by atoms with E-state index in [1.165, 1.54) is 17.7 Å². The van der Waals surface area contributed by atoms with Gasteiger partial charge in [0.1, 0.15) is 11.5 Å². The fourth-order valence-electron chi connectivity index (χ4n) is 2.52. The highest BCUT2D eigenvalue weighted by Crippen LogP contribution is 2.16. The molecule has 3 rings (SSSR count). The number of pyridine rings is 2. The number of amides is 1. The van der Waals surface area contributed by atoms with Crippen molar-refractivity contribution in [3.63, 3.8) is 0 Å². The molecule has 1 N–H and O–H groups in total. The summed E-state index contributed by atoms with van der Waals surface area (Å²) >= 11 is 0. The molecule has 0 bridgehead atoms. The van der Waals surface area contributed by atoms with Gasteiger partial charge in [0, 0.05) is 43.6 Å². The molecule has 0 fully saturated rings. The maximum absolute atomic E-state index is 13.2. The molecule has 0 aliphatic heterocycles. The topological polar surface area (TPSA) is 58.1 Å². The summed E-state index contributed by atoms with van der Waals surface area (Å²) < 4.78 is 13.2. The Labute approximate surface area is 151 Å². The van der Waals surface area contributed by atoms with Crippen molar-refractivity contribution in [2.24, 2.45) is 0 Å². The van der Waals surface area contributed by atoms with E-state index in [2.05, 4.69) is 20.2 Å². The Morgan fingerprint density at radius 1 is 1.12 bits per heavy atom. The monoisotopic (exact) mass is 350 g/mol. The first kappa shape index (κ1) is 17.5. The molecule has 0 saturated carbocycles. The van der Waals surface area contributed by atoms with Gasteiger partial charge in [-0.1, -0.05) is 6.07 Å². The molecule has 1 aromatic carbocycles. The predicted octanol–water partition coefficient (Wildman–Crippen LogP) is 3.55. The average Bonchev–Trinajstić information content (AvgIpc) is 2.67. The van der Waals surface area contributed by atoms with Crippen LogP contribution in [0.3, 0.4) is 0 Å². The number of nitrogens with zero attached hydrogens (tertiary/aromatic N) is 3. The molecule has 0 aliphatic carbocycles. The van der Waals surface area contributed by atoms with Crippen LogP contribution in [-0.2, 0) is 6.42 Å². The lowest BCUT2D eigenvalue weighted by molar-refractivity contribution is 0.102. The lowest BCUT2D eigenvalue weighted by Crippen LogP contribution is -2.21. The van der Waals surface area contributed by atoms with Crippen LogP contribution >= 0.6 is 0 Å². The summed E-state index contributed by atoms with van der Waals surface area (Å²) in [6.07, 6.45) is 6.01. The van der Waals surface area contributed by atoms with Crippen LogP contribution < -0.4 is 10.2 Å². The normalized spacial score (nSPS) is 10.4. The molecule has 3 aromatic rings. The molecule has 2 heterocycles. The SMILES string of the molecule is CN(CCc1ccncc1)c1ccnc(C(=O)Nc2cccc(F)c2)c1. The number of aromatic nitrogens is 2. The molecule has 0 unspecified atom stereocenters. The Morgan fingerprint density at radius 2 is 1.92 bits per heavy atom. The number of carbonyl (C=O) groups is 1. The first-order chi connectivity index (χ1) is 12.6. The molecule has 5 nitrogen and oxygen atoms in total. The molecule has 1 amide bonds. The van der Waals surface area contributed by atoms with Gasteiger partial charge in [0.2, 0.25) is 0 Å². The highest BCUT2D eigenvalue weighted by molar-refractivity contribution is 6.03. The van der Waals surface area contributed by atoms with Crippen LogP contribution in [0, 0.1) is 5.82 Å². The average molecular weight is 350 g/mol.